The minimum absolute atomic E-state index is 0.270. The summed E-state index contributed by atoms with van der Waals surface area (Å²) < 4.78 is 10.0. The first-order chi connectivity index (χ1) is 7.79. The van der Waals surface area contributed by atoms with Gasteiger partial charge < -0.3 is 9.47 Å². The van der Waals surface area contributed by atoms with E-state index in [0.717, 1.165) is 5.56 Å². The van der Waals surface area contributed by atoms with Crippen molar-refractivity contribution in [1.29, 1.82) is 0 Å². The Kier molecular flexibility index (Phi) is 9.32. The predicted octanol–water partition coefficient (Wildman–Crippen LogP) is 2.79. The van der Waals surface area contributed by atoms with Crippen LogP contribution in [0.25, 0.3) is 0 Å². The average Bonchev–Trinajstić information content (AvgIpc) is 2.32. The van der Waals surface area contributed by atoms with Crippen LogP contribution in [0.4, 0.5) is 0 Å². The van der Waals surface area contributed by atoms with Gasteiger partial charge in [0.2, 0.25) is 0 Å². The van der Waals surface area contributed by atoms with Crippen LogP contribution in [-0.4, -0.2) is 19.2 Å². The van der Waals surface area contributed by atoms with Crippen molar-refractivity contribution in [3.63, 3.8) is 0 Å². The van der Waals surface area contributed by atoms with Gasteiger partial charge in [-0.2, -0.15) is 0 Å². The van der Waals surface area contributed by atoms with Crippen molar-refractivity contribution in [3.05, 3.63) is 35.9 Å². The van der Waals surface area contributed by atoms with Gasteiger partial charge in [0.1, 0.15) is 6.61 Å². The second-order valence-corrected chi connectivity index (χ2v) is 2.88. The fourth-order valence-electron chi connectivity index (χ4n) is 1.01. The number of carbonyl (C=O) groups is 1. The zero-order valence-corrected chi connectivity index (χ0v) is 10.2. The number of hydrogen-bond donors (Lipinski definition) is 0. The van der Waals surface area contributed by atoms with Gasteiger partial charge in [0.15, 0.2) is 0 Å². The second kappa shape index (κ2) is 10.2. The van der Waals surface area contributed by atoms with Gasteiger partial charge in [-0.15, -0.1) is 0 Å². The number of benzene rings is 1. The van der Waals surface area contributed by atoms with Gasteiger partial charge >= 0.3 is 5.97 Å². The largest absolute Gasteiger partial charge is 0.463 e. The maximum absolute atomic E-state index is 10.4. The van der Waals surface area contributed by atoms with E-state index >= 15 is 0 Å². The number of rotatable bonds is 5. The summed E-state index contributed by atoms with van der Waals surface area (Å²) >= 11 is 0. The normalized spacial score (nSPS) is 8.94. The molecule has 0 aliphatic carbocycles. The molecule has 0 saturated carbocycles. The molecule has 0 spiro atoms. The molecule has 0 aliphatic heterocycles. The highest BCUT2D eigenvalue weighted by Crippen LogP contribution is 1.99. The standard InChI is InChI=1S/C11H14O3.C2H6/c1-10(12)14-8-7-13-9-11-5-3-2-4-6-11;1-2/h2-6H,7-9H2,1H3;1-2H3. The molecule has 1 rings (SSSR count). The molecule has 0 radical (unpaired) electrons. The lowest BCUT2D eigenvalue weighted by atomic mass is 10.2. The van der Waals surface area contributed by atoms with Crippen LogP contribution < -0.4 is 0 Å². The molecule has 16 heavy (non-hydrogen) atoms. The molecule has 1 aromatic carbocycles. The summed E-state index contributed by atoms with van der Waals surface area (Å²) in [5, 5.41) is 0. The first-order valence-corrected chi connectivity index (χ1v) is 5.54. The molecule has 0 aromatic heterocycles. The number of hydrogen-bond acceptors (Lipinski definition) is 3. The average molecular weight is 224 g/mol. The lowest BCUT2D eigenvalue weighted by Crippen LogP contribution is -2.07. The van der Waals surface area contributed by atoms with Crippen LogP contribution in [0.1, 0.15) is 26.3 Å². The quantitative estimate of drug-likeness (QED) is 0.570. The van der Waals surface area contributed by atoms with Crippen LogP contribution in [0, 0.1) is 0 Å². The molecular formula is C13H20O3. The molecule has 0 aliphatic rings. The Morgan fingerprint density at radius 1 is 1.12 bits per heavy atom. The monoisotopic (exact) mass is 224 g/mol. The second-order valence-electron chi connectivity index (χ2n) is 2.88. The lowest BCUT2D eigenvalue weighted by Gasteiger charge is -2.04. The van der Waals surface area contributed by atoms with E-state index in [9.17, 15) is 4.79 Å². The Labute approximate surface area is 97.4 Å². The summed E-state index contributed by atoms with van der Waals surface area (Å²) in [6.07, 6.45) is 0. The molecule has 1 aromatic rings. The fourth-order valence-corrected chi connectivity index (χ4v) is 1.01. The van der Waals surface area contributed by atoms with Gasteiger partial charge in [0, 0.05) is 6.92 Å². The number of ether oxygens (including phenoxy) is 2. The van der Waals surface area contributed by atoms with Crippen molar-refractivity contribution in [3.8, 4) is 0 Å². The molecule has 0 heterocycles. The van der Waals surface area contributed by atoms with Crippen molar-refractivity contribution >= 4 is 5.97 Å². The lowest BCUT2D eigenvalue weighted by molar-refractivity contribution is -0.142. The molecule has 0 N–H and O–H groups in total. The minimum Gasteiger partial charge on any atom is -0.463 e. The smallest absolute Gasteiger partial charge is 0.302 e. The molecule has 3 nitrogen and oxygen atoms in total. The number of esters is 1. The molecule has 0 atom stereocenters. The number of carbonyl (C=O) groups excluding carboxylic acids is 1. The summed E-state index contributed by atoms with van der Waals surface area (Å²) in [5.74, 6) is -0.270. The topological polar surface area (TPSA) is 35.5 Å². The summed E-state index contributed by atoms with van der Waals surface area (Å²) in [5.41, 5.74) is 1.12. The van der Waals surface area contributed by atoms with E-state index in [1.807, 2.05) is 44.2 Å². The first kappa shape index (κ1) is 14.6. The van der Waals surface area contributed by atoms with E-state index in [-0.39, 0.29) is 5.97 Å². The third-order valence-corrected chi connectivity index (χ3v) is 1.64. The Morgan fingerprint density at radius 2 is 1.75 bits per heavy atom. The van der Waals surface area contributed by atoms with Crippen LogP contribution in [0.5, 0.6) is 0 Å². The van der Waals surface area contributed by atoms with E-state index in [1.165, 1.54) is 6.92 Å². The van der Waals surface area contributed by atoms with Gasteiger partial charge in [0.25, 0.3) is 0 Å². The third-order valence-electron chi connectivity index (χ3n) is 1.64. The zero-order chi connectivity index (χ0) is 12.2. The van der Waals surface area contributed by atoms with Crippen LogP contribution in [0.3, 0.4) is 0 Å². The van der Waals surface area contributed by atoms with Crippen LogP contribution in [0.15, 0.2) is 30.3 Å². The molecule has 0 saturated heterocycles. The highest BCUT2D eigenvalue weighted by Gasteiger charge is 1.93. The molecule has 0 bridgehead atoms. The summed E-state index contributed by atoms with van der Waals surface area (Å²) in [4.78, 5) is 10.4. The summed E-state index contributed by atoms with van der Waals surface area (Å²) in [7, 11) is 0. The molecule has 0 amide bonds. The van der Waals surface area contributed by atoms with Crippen molar-refractivity contribution in [2.75, 3.05) is 13.2 Å². The summed E-state index contributed by atoms with van der Waals surface area (Å²) in [6, 6.07) is 9.87. The van der Waals surface area contributed by atoms with Gasteiger partial charge in [-0.05, 0) is 5.56 Å². The highest BCUT2D eigenvalue weighted by molar-refractivity contribution is 5.65. The van der Waals surface area contributed by atoms with E-state index in [0.29, 0.717) is 19.8 Å². The molecule has 0 unspecified atom stereocenters. The zero-order valence-electron chi connectivity index (χ0n) is 10.2. The predicted molar refractivity (Wildman–Crippen MR) is 64.1 cm³/mol. The van der Waals surface area contributed by atoms with Gasteiger partial charge in [-0.25, -0.2) is 0 Å². The van der Waals surface area contributed by atoms with Gasteiger partial charge in [0.05, 0.1) is 13.2 Å². The van der Waals surface area contributed by atoms with E-state index < -0.39 is 0 Å². The maximum atomic E-state index is 10.4. The minimum atomic E-state index is -0.270. The molecule has 0 fully saturated rings. The van der Waals surface area contributed by atoms with E-state index in [2.05, 4.69) is 0 Å². The molecule has 3 heteroatoms. The Bertz CT molecular complexity index is 270. The Morgan fingerprint density at radius 3 is 2.31 bits per heavy atom. The Hall–Kier alpha value is -1.35. The van der Waals surface area contributed by atoms with Crippen LogP contribution in [-0.2, 0) is 20.9 Å². The van der Waals surface area contributed by atoms with Crippen molar-refractivity contribution in [2.45, 2.75) is 27.4 Å². The maximum Gasteiger partial charge on any atom is 0.302 e. The Balaban J connectivity index is 0.00000106. The third kappa shape index (κ3) is 8.00. The van der Waals surface area contributed by atoms with Crippen LogP contribution >= 0.6 is 0 Å². The van der Waals surface area contributed by atoms with Crippen molar-refractivity contribution in [2.24, 2.45) is 0 Å². The van der Waals surface area contributed by atoms with Crippen molar-refractivity contribution in [1.82, 2.24) is 0 Å². The van der Waals surface area contributed by atoms with E-state index in [4.69, 9.17) is 9.47 Å². The SMILES string of the molecule is CC.CC(=O)OCCOCc1ccccc1. The van der Waals surface area contributed by atoms with Crippen molar-refractivity contribution < 1.29 is 14.3 Å². The van der Waals surface area contributed by atoms with Gasteiger partial charge in [-0.1, -0.05) is 44.2 Å². The fraction of sp³-hybridized carbons (Fsp3) is 0.462. The summed E-state index contributed by atoms with van der Waals surface area (Å²) in [6.45, 7) is 6.70. The van der Waals surface area contributed by atoms with Crippen LogP contribution in [0.2, 0.25) is 0 Å². The molecular weight excluding hydrogens is 204 g/mol. The van der Waals surface area contributed by atoms with Gasteiger partial charge in [-0.3, -0.25) is 4.79 Å². The highest BCUT2D eigenvalue weighted by atomic mass is 16.6. The molecule has 90 valence electrons. The first-order valence-electron chi connectivity index (χ1n) is 5.54. The van der Waals surface area contributed by atoms with E-state index in [1.54, 1.807) is 0 Å².